The molecular formula is C11H12N2O. The molecule has 3 heteroatoms. The van der Waals surface area contributed by atoms with Crippen molar-refractivity contribution in [2.75, 3.05) is 24.7 Å². The molecule has 0 aromatic heterocycles. The van der Waals surface area contributed by atoms with Crippen molar-refractivity contribution < 1.29 is 4.74 Å². The molecule has 0 spiro atoms. The minimum atomic E-state index is -0.147. The molecule has 1 aliphatic heterocycles. The van der Waals surface area contributed by atoms with E-state index in [1.165, 1.54) is 0 Å². The summed E-state index contributed by atoms with van der Waals surface area (Å²) in [5.74, 6) is 0. The van der Waals surface area contributed by atoms with Crippen LogP contribution in [0.25, 0.3) is 0 Å². The molecule has 3 nitrogen and oxygen atoms in total. The lowest BCUT2D eigenvalue weighted by atomic mass is 10.2. The SMILES string of the molecule is N#C[C@H]1COCCN1c1ccccc1. The maximum Gasteiger partial charge on any atom is 0.140 e. The first kappa shape index (κ1) is 9.04. The van der Waals surface area contributed by atoms with Crippen molar-refractivity contribution >= 4 is 5.69 Å². The van der Waals surface area contributed by atoms with Crippen LogP contribution in [0, 0.1) is 11.3 Å². The van der Waals surface area contributed by atoms with Crippen LogP contribution in [0.3, 0.4) is 0 Å². The number of para-hydroxylation sites is 1. The van der Waals surface area contributed by atoms with Gasteiger partial charge in [0.25, 0.3) is 0 Å². The number of anilines is 1. The highest BCUT2D eigenvalue weighted by atomic mass is 16.5. The Morgan fingerprint density at radius 1 is 1.36 bits per heavy atom. The molecule has 72 valence electrons. The highest BCUT2D eigenvalue weighted by Crippen LogP contribution is 2.18. The summed E-state index contributed by atoms with van der Waals surface area (Å²) in [6, 6.07) is 12.1. The topological polar surface area (TPSA) is 36.3 Å². The van der Waals surface area contributed by atoms with Crippen LogP contribution in [0.5, 0.6) is 0 Å². The molecule has 0 amide bonds. The molecule has 2 rings (SSSR count). The lowest BCUT2D eigenvalue weighted by Crippen LogP contribution is -2.44. The van der Waals surface area contributed by atoms with Crippen molar-refractivity contribution in [3.63, 3.8) is 0 Å². The second-order valence-electron chi connectivity index (χ2n) is 3.25. The van der Waals surface area contributed by atoms with Gasteiger partial charge in [-0.2, -0.15) is 5.26 Å². The summed E-state index contributed by atoms with van der Waals surface area (Å²) in [5, 5.41) is 8.95. The van der Waals surface area contributed by atoms with E-state index in [-0.39, 0.29) is 6.04 Å². The predicted octanol–water partition coefficient (Wildman–Crippen LogP) is 1.42. The van der Waals surface area contributed by atoms with Gasteiger partial charge >= 0.3 is 0 Å². The maximum absolute atomic E-state index is 8.95. The molecule has 0 unspecified atom stereocenters. The summed E-state index contributed by atoms with van der Waals surface area (Å²) in [6.07, 6.45) is 0. The zero-order valence-corrected chi connectivity index (χ0v) is 7.89. The molecule has 14 heavy (non-hydrogen) atoms. The zero-order valence-electron chi connectivity index (χ0n) is 7.89. The first-order chi connectivity index (χ1) is 6.92. The molecule has 1 aromatic carbocycles. The summed E-state index contributed by atoms with van der Waals surface area (Å²) in [4.78, 5) is 2.09. The Morgan fingerprint density at radius 2 is 2.14 bits per heavy atom. The highest BCUT2D eigenvalue weighted by molar-refractivity contribution is 5.48. The fraction of sp³-hybridized carbons (Fsp3) is 0.364. The van der Waals surface area contributed by atoms with Crippen LogP contribution < -0.4 is 4.90 Å². The van der Waals surface area contributed by atoms with Gasteiger partial charge in [0.15, 0.2) is 0 Å². The third kappa shape index (κ3) is 1.70. The summed E-state index contributed by atoms with van der Waals surface area (Å²) in [6.45, 7) is 2.00. The number of rotatable bonds is 1. The maximum atomic E-state index is 8.95. The molecule has 1 aliphatic rings. The Kier molecular flexibility index (Phi) is 2.66. The lowest BCUT2D eigenvalue weighted by Gasteiger charge is -2.33. The highest BCUT2D eigenvalue weighted by Gasteiger charge is 2.22. The van der Waals surface area contributed by atoms with Gasteiger partial charge in [0.1, 0.15) is 6.04 Å². The van der Waals surface area contributed by atoms with Crippen LogP contribution in [0.15, 0.2) is 30.3 Å². The fourth-order valence-electron chi connectivity index (χ4n) is 1.64. The van der Waals surface area contributed by atoms with Gasteiger partial charge in [0, 0.05) is 12.2 Å². The van der Waals surface area contributed by atoms with E-state index in [4.69, 9.17) is 10.00 Å². The molecule has 1 fully saturated rings. The van der Waals surface area contributed by atoms with Gasteiger partial charge in [-0.25, -0.2) is 0 Å². The summed E-state index contributed by atoms with van der Waals surface area (Å²) >= 11 is 0. The van der Waals surface area contributed by atoms with Crippen molar-refractivity contribution in [2.24, 2.45) is 0 Å². The minimum Gasteiger partial charge on any atom is -0.376 e. The molecule has 1 aromatic rings. The molecule has 0 aliphatic carbocycles. The van der Waals surface area contributed by atoms with Gasteiger partial charge < -0.3 is 9.64 Å². The zero-order chi connectivity index (χ0) is 9.80. The van der Waals surface area contributed by atoms with Crippen molar-refractivity contribution in [3.05, 3.63) is 30.3 Å². The van der Waals surface area contributed by atoms with Gasteiger partial charge in [0.2, 0.25) is 0 Å². The van der Waals surface area contributed by atoms with Crippen LogP contribution in [-0.2, 0) is 4.74 Å². The van der Waals surface area contributed by atoms with E-state index < -0.39 is 0 Å². The van der Waals surface area contributed by atoms with Crippen molar-refractivity contribution in [2.45, 2.75) is 6.04 Å². The molecular weight excluding hydrogens is 176 g/mol. The number of nitriles is 1. The van der Waals surface area contributed by atoms with Gasteiger partial charge in [-0.05, 0) is 12.1 Å². The fourth-order valence-corrected chi connectivity index (χ4v) is 1.64. The predicted molar refractivity (Wildman–Crippen MR) is 54.0 cm³/mol. The van der Waals surface area contributed by atoms with Crippen LogP contribution in [0.1, 0.15) is 0 Å². The van der Waals surface area contributed by atoms with E-state index in [1.54, 1.807) is 0 Å². The summed E-state index contributed by atoms with van der Waals surface area (Å²) in [5.41, 5.74) is 1.10. The molecule has 0 N–H and O–H groups in total. The Morgan fingerprint density at radius 3 is 2.86 bits per heavy atom. The standard InChI is InChI=1S/C11H12N2O/c12-8-11-9-14-7-6-13(11)10-4-2-1-3-5-10/h1-5,11H,6-7,9H2/t11-/m0/s1. The Labute approximate surface area is 83.5 Å². The first-order valence-corrected chi connectivity index (χ1v) is 4.71. The average molecular weight is 188 g/mol. The van der Waals surface area contributed by atoms with Crippen LogP contribution >= 0.6 is 0 Å². The molecule has 1 saturated heterocycles. The monoisotopic (exact) mass is 188 g/mol. The molecule has 0 bridgehead atoms. The molecule has 0 saturated carbocycles. The molecule has 1 heterocycles. The third-order valence-corrected chi connectivity index (χ3v) is 2.37. The second-order valence-corrected chi connectivity index (χ2v) is 3.25. The van der Waals surface area contributed by atoms with Crippen molar-refractivity contribution in [1.82, 2.24) is 0 Å². The summed E-state index contributed by atoms with van der Waals surface area (Å²) in [7, 11) is 0. The van der Waals surface area contributed by atoms with Crippen molar-refractivity contribution in [1.29, 1.82) is 5.26 Å². The number of morpholine rings is 1. The van der Waals surface area contributed by atoms with Gasteiger partial charge in [-0.15, -0.1) is 0 Å². The normalized spacial score (nSPS) is 21.6. The summed E-state index contributed by atoms with van der Waals surface area (Å²) < 4.78 is 5.26. The molecule has 1 atom stereocenters. The number of ether oxygens (including phenoxy) is 1. The first-order valence-electron chi connectivity index (χ1n) is 4.71. The largest absolute Gasteiger partial charge is 0.376 e. The van der Waals surface area contributed by atoms with E-state index in [0.29, 0.717) is 13.2 Å². The van der Waals surface area contributed by atoms with Crippen LogP contribution in [-0.4, -0.2) is 25.8 Å². The smallest absolute Gasteiger partial charge is 0.140 e. The average Bonchev–Trinajstić information content (AvgIpc) is 2.30. The number of hydrogen-bond donors (Lipinski definition) is 0. The Hall–Kier alpha value is -1.53. The Bertz CT molecular complexity index is 331. The number of nitrogens with zero attached hydrogens (tertiary/aromatic N) is 2. The van der Waals surface area contributed by atoms with Gasteiger partial charge in [-0.1, -0.05) is 18.2 Å². The number of hydrogen-bond acceptors (Lipinski definition) is 3. The third-order valence-electron chi connectivity index (χ3n) is 2.37. The van der Waals surface area contributed by atoms with E-state index >= 15 is 0 Å². The van der Waals surface area contributed by atoms with Gasteiger partial charge in [-0.3, -0.25) is 0 Å². The van der Waals surface area contributed by atoms with Gasteiger partial charge in [0.05, 0.1) is 19.3 Å². The second kappa shape index (κ2) is 4.12. The Balaban J connectivity index is 2.20. The minimum absolute atomic E-state index is 0.147. The van der Waals surface area contributed by atoms with E-state index in [1.807, 2.05) is 30.3 Å². The van der Waals surface area contributed by atoms with Crippen LogP contribution in [0.4, 0.5) is 5.69 Å². The van der Waals surface area contributed by atoms with E-state index in [9.17, 15) is 0 Å². The van der Waals surface area contributed by atoms with Crippen molar-refractivity contribution in [3.8, 4) is 6.07 Å². The van der Waals surface area contributed by atoms with E-state index in [0.717, 1.165) is 12.2 Å². The number of benzene rings is 1. The van der Waals surface area contributed by atoms with E-state index in [2.05, 4.69) is 11.0 Å². The van der Waals surface area contributed by atoms with Crippen LogP contribution in [0.2, 0.25) is 0 Å². The lowest BCUT2D eigenvalue weighted by molar-refractivity contribution is 0.107. The molecule has 0 radical (unpaired) electrons. The quantitative estimate of drug-likeness (QED) is 0.668.